The Morgan fingerprint density at radius 2 is 2.30 bits per heavy atom. The lowest BCUT2D eigenvalue weighted by molar-refractivity contribution is 0.370. The lowest BCUT2D eigenvalue weighted by Gasteiger charge is -2.23. The molecule has 1 saturated heterocycles. The predicted molar refractivity (Wildman–Crippen MR) is 97.3 cm³/mol. The Balaban J connectivity index is 0.00000200. The molecule has 2 rings (SSSR count). The van der Waals surface area contributed by atoms with Gasteiger partial charge in [0, 0.05) is 44.2 Å². The van der Waals surface area contributed by atoms with Gasteiger partial charge in [-0.25, -0.2) is 4.98 Å². The second-order valence-corrected chi connectivity index (χ2v) is 7.24. The number of rotatable bonds is 3. The maximum absolute atomic E-state index is 4.39. The first-order valence-electron chi connectivity index (χ1n) is 6.87. The number of likely N-dealkylation sites (tertiary alicyclic amines) is 1. The lowest BCUT2D eigenvalue weighted by atomic mass is 9.93. The van der Waals surface area contributed by atoms with Gasteiger partial charge in [0.1, 0.15) is 0 Å². The van der Waals surface area contributed by atoms with Crippen molar-refractivity contribution in [1.29, 1.82) is 0 Å². The molecule has 114 valence electrons. The van der Waals surface area contributed by atoms with Crippen molar-refractivity contribution in [2.45, 2.75) is 33.6 Å². The van der Waals surface area contributed by atoms with Crippen molar-refractivity contribution in [3.05, 3.63) is 16.1 Å². The molecule has 0 bridgehead atoms. The van der Waals surface area contributed by atoms with Crippen LogP contribution in [0.15, 0.2) is 11.2 Å². The average molecular weight is 408 g/mol. The summed E-state index contributed by atoms with van der Waals surface area (Å²) in [5.41, 5.74) is 0.407. The molecule has 2 heterocycles. The van der Waals surface area contributed by atoms with Crippen LogP contribution in [0.1, 0.15) is 30.2 Å². The molecule has 0 amide bonds. The minimum absolute atomic E-state index is 0. The summed E-state index contributed by atoms with van der Waals surface area (Å²) in [6.45, 7) is 9.82. The summed E-state index contributed by atoms with van der Waals surface area (Å²) in [7, 11) is 1.86. The van der Waals surface area contributed by atoms with Gasteiger partial charge in [-0.2, -0.15) is 0 Å². The van der Waals surface area contributed by atoms with Crippen LogP contribution in [0.3, 0.4) is 0 Å². The summed E-state index contributed by atoms with van der Waals surface area (Å²) < 4.78 is 0. The summed E-state index contributed by atoms with van der Waals surface area (Å²) in [6, 6.07) is 0. The third-order valence-electron chi connectivity index (χ3n) is 3.48. The van der Waals surface area contributed by atoms with Crippen molar-refractivity contribution in [1.82, 2.24) is 15.2 Å². The van der Waals surface area contributed by atoms with Gasteiger partial charge in [0.15, 0.2) is 5.96 Å². The van der Waals surface area contributed by atoms with Crippen LogP contribution in [0.2, 0.25) is 0 Å². The topological polar surface area (TPSA) is 40.5 Å². The van der Waals surface area contributed by atoms with Crippen molar-refractivity contribution in [3.63, 3.8) is 0 Å². The van der Waals surface area contributed by atoms with E-state index >= 15 is 0 Å². The Labute approximate surface area is 143 Å². The molecule has 0 saturated carbocycles. The van der Waals surface area contributed by atoms with E-state index in [4.69, 9.17) is 0 Å². The molecule has 1 aromatic heterocycles. The summed E-state index contributed by atoms with van der Waals surface area (Å²) in [5, 5.41) is 4.65. The van der Waals surface area contributed by atoms with Crippen LogP contribution in [0.4, 0.5) is 0 Å². The van der Waals surface area contributed by atoms with Crippen molar-refractivity contribution < 1.29 is 0 Å². The van der Waals surface area contributed by atoms with Gasteiger partial charge >= 0.3 is 0 Å². The fourth-order valence-corrected chi connectivity index (χ4v) is 3.21. The van der Waals surface area contributed by atoms with Crippen LogP contribution in [0.5, 0.6) is 0 Å². The number of aliphatic imine (C=N–C) groups is 1. The SMILES string of the molecule is CN=C(NCCc1ncc(C)s1)N1CCC(C)(C)C1.I. The number of hydrogen-bond acceptors (Lipinski definition) is 3. The Morgan fingerprint density at radius 1 is 1.55 bits per heavy atom. The van der Waals surface area contributed by atoms with Gasteiger partial charge < -0.3 is 10.2 Å². The van der Waals surface area contributed by atoms with E-state index in [9.17, 15) is 0 Å². The van der Waals surface area contributed by atoms with Crippen molar-refractivity contribution in [2.24, 2.45) is 10.4 Å². The van der Waals surface area contributed by atoms with E-state index in [-0.39, 0.29) is 24.0 Å². The van der Waals surface area contributed by atoms with E-state index in [0.29, 0.717) is 5.41 Å². The third kappa shape index (κ3) is 4.87. The number of guanidine groups is 1. The van der Waals surface area contributed by atoms with E-state index in [1.54, 1.807) is 11.3 Å². The van der Waals surface area contributed by atoms with Crippen molar-refractivity contribution in [3.8, 4) is 0 Å². The highest BCUT2D eigenvalue weighted by atomic mass is 127. The zero-order chi connectivity index (χ0) is 13.9. The summed E-state index contributed by atoms with van der Waals surface area (Å²) in [6.07, 6.45) is 4.14. The lowest BCUT2D eigenvalue weighted by Crippen LogP contribution is -2.41. The molecule has 0 atom stereocenters. The van der Waals surface area contributed by atoms with E-state index in [1.807, 2.05) is 13.2 Å². The second kappa shape index (κ2) is 7.59. The molecule has 1 aromatic rings. The number of halogens is 1. The molecule has 4 nitrogen and oxygen atoms in total. The molecule has 20 heavy (non-hydrogen) atoms. The zero-order valence-electron chi connectivity index (χ0n) is 12.8. The number of hydrogen-bond donors (Lipinski definition) is 1. The third-order valence-corrected chi connectivity index (χ3v) is 4.45. The number of aromatic nitrogens is 1. The average Bonchev–Trinajstić information content (AvgIpc) is 2.91. The van der Waals surface area contributed by atoms with Gasteiger partial charge in [0.05, 0.1) is 5.01 Å². The highest BCUT2D eigenvalue weighted by molar-refractivity contribution is 14.0. The molecule has 1 aliphatic heterocycles. The normalized spacial score (nSPS) is 18.0. The predicted octanol–water partition coefficient (Wildman–Crippen LogP) is 2.92. The first-order chi connectivity index (χ1) is 9.00. The molecule has 0 unspecified atom stereocenters. The summed E-state index contributed by atoms with van der Waals surface area (Å²) >= 11 is 1.77. The Morgan fingerprint density at radius 3 is 2.80 bits per heavy atom. The van der Waals surface area contributed by atoms with Gasteiger partial charge in [-0.1, -0.05) is 13.8 Å². The standard InChI is InChI=1S/C14H24N4S.HI/c1-11-9-17-12(19-11)5-7-16-13(15-4)18-8-6-14(2,3)10-18;/h9H,5-8,10H2,1-4H3,(H,15,16);1H. The Kier molecular flexibility index (Phi) is 6.71. The smallest absolute Gasteiger partial charge is 0.193 e. The molecule has 0 radical (unpaired) electrons. The maximum Gasteiger partial charge on any atom is 0.193 e. The fourth-order valence-electron chi connectivity index (χ4n) is 2.42. The van der Waals surface area contributed by atoms with Crippen LogP contribution >= 0.6 is 35.3 Å². The molecule has 6 heteroatoms. The van der Waals surface area contributed by atoms with Crippen molar-refractivity contribution >= 4 is 41.3 Å². The largest absolute Gasteiger partial charge is 0.356 e. The minimum Gasteiger partial charge on any atom is -0.356 e. The highest BCUT2D eigenvalue weighted by Gasteiger charge is 2.30. The van der Waals surface area contributed by atoms with Gasteiger partial charge in [0.25, 0.3) is 0 Å². The quantitative estimate of drug-likeness (QED) is 0.475. The first-order valence-corrected chi connectivity index (χ1v) is 7.69. The molecule has 1 N–H and O–H groups in total. The van der Waals surface area contributed by atoms with Crippen molar-refractivity contribution in [2.75, 3.05) is 26.7 Å². The van der Waals surface area contributed by atoms with Gasteiger partial charge in [-0.15, -0.1) is 35.3 Å². The number of nitrogens with one attached hydrogen (secondary N) is 1. The highest BCUT2D eigenvalue weighted by Crippen LogP contribution is 2.28. The molecule has 0 spiro atoms. The van der Waals surface area contributed by atoms with Crippen LogP contribution < -0.4 is 5.32 Å². The summed E-state index contributed by atoms with van der Waals surface area (Å²) in [4.78, 5) is 12.4. The molecule has 1 aliphatic rings. The van der Waals surface area contributed by atoms with E-state index in [1.165, 1.54) is 16.3 Å². The first kappa shape index (κ1) is 17.7. The van der Waals surface area contributed by atoms with E-state index in [0.717, 1.165) is 32.0 Å². The summed E-state index contributed by atoms with van der Waals surface area (Å²) in [5.74, 6) is 1.03. The zero-order valence-corrected chi connectivity index (χ0v) is 15.9. The molecule has 0 aromatic carbocycles. The van der Waals surface area contributed by atoms with Gasteiger partial charge in [-0.3, -0.25) is 4.99 Å². The fraction of sp³-hybridized carbons (Fsp3) is 0.714. The molecular formula is C14H25IN4S. The van der Waals surface area contributed by atoms with Crippen LogP contribution in [-0.4, -0.2) is 42.5 Å². The van der Waals surface area contributed by atoms with E-state index < -0.39 is 0 Å². The number of nitrogens with zero attached hydrogens (tertiary/aromatic N) is 3. The monoisotopic (exact) mass is 408 g/mol. The molecule has 1 fully saturated rings. The second-order valence-electron chi connectivity index (χ2n) is 5.92. The van der Waals surface area contributed by atoms with Gasteiger partial charge in [-0.05, 0) is 18.8 Å². The van der Waals surface area contributed by atoms with Crippen LogP contribution in [-0.2, 0) is 6.42 Å². The Hall–Kier alpha value is -0.370. The van der Waals surface area contributed by atoms with Crippen LogP contribution in [0.25, 0.3) is 0 Å². The maximum atomic E-state index is 4.39. The minimum atomic E-state index is 0. The number of thiazole rings is 1. The molecular weight excluding hydrogens is 383 g/mol. The van der Waals surface area contributed by atoms with E-state index in [2.05, 4.69) is 41.0 Å². The molecule has 0 aliphatic carbocycles. The van der Waals surface area contributed by atoms with Crippen LogP contribution in [0, 0.1) is 12.3 Å². The number of aryl methyl sites for hydroxylation is 1. The Bertz CT molecular complexity index is 456. The van der Waals surface area contributed by atoms with Gasteiger partial charge in [0.2, 0.25) is 0 Å².